The Morgan fingerprint density at radius 3 is 2.21 bits per heavy atom. The number of aliphatic hydroxyl groups is 1. The molecule has 1 heterocycles. The Bertz CT molecular complexity index is 1170. The topological polar surface area (TPSA) is 76.1 Å². The highest BCUT2D eigenvalue weighted by Crippen LogP contribution is 2.43. The molecule has 168 valence electrons. The van der Waals surface area contributed by atoms with Crippen LogP contribution in [0.1, 0.15) is 33.1 Å². The molecule has 1 N–H and O–H groups in total. The smallest absolute Gasteiger partial charge is 0.337 e. The summed E-state index contributed by atoms with van der Waals surface area (Å²) in [5.74, 6) is -0.434. The summed E-state index contributed by atoms with van der Waals surface area (Å²) < 4.78 is 10.0. The Kier molecular flexibility index (Phi) is 6.45. The summed E-state index contributed by atoms with van der Waals surface area (Å²) in [7, 11) is 2.92. The lowest BCUT2D eigenvalue weighted by Crippen LogP contribution is -2.32. The molecule has 33 heavy (non-hydrogen) atoms. The number of methoxy groups -OCH3 is 2. The van der Waals surface area contributed by atoms with E-state index in [1.165, 1.54) is 7.11 Å². The summed E-state index contributed by atoms with van der Waals surface area (Å²) >= 11 is 0. The highest BCUT2D eigenvalue weighted by atomic mass is 16.5. The number of esters is 1. The van der Waals surface area contributed by atoms with E-state index in [1.54, 1.807) is 48.4 Å². The van der Waals surface area contributed by atoms with Crippen LogP contribution >= 0.6 is 0 Å². The van der Waals surface area contributed by atoms with Crippen molar-refractivity contribution in [1.29, 1.82) is 0 Å². The van der Waals surface area contributed by atoms with Gasteiger partial charge in [-0.25, -0.2) is 4.79 Å². The predicted molar refractivity (Wildman–Crippen MR) is 125 cm³/mol. The Labute approximate surface area is 192 Å². The lowest BCUT2D eigenvalue weighted by Gasteiger charge is -2.27. The van der Waals surface area contributed by atoms with Crippen molar-refractivity contribution >= 4 is 17.4 Å². The summed E-state index contributed by atoms with van der Waals surface area (Å²) in [4.78, 5) is 26.7. The van der Waals surface area contributed by atoms with Crippen LogP contribution in [0.25, 0.3) is 5.57 Å². The van der Waals surface area contributed by atoms with Crippen molar-refractivity contribution in [2.45, 2.75) is 12.5 Å². The van der Waals surface area contributed by atoms with Gasteiger partial charge < -0.3 is 19.5 Å². The summed E-state index contributed by atoms with van der Waals surface area (Å²) in [5.41, 5.74) is 3.56. The van der Waals surface area contributed by atoms with Gasteiger partial charge in [-0.2, -0.15) is 0 Å². The van der Waals surface area contributed by atoms with Crippen LogP contribution in [0.3, 0.4) is 0 Å². The van der Waals surface area contributed by atoms with E-state index < -0.39 is 17.9 Å². The van der Waals surface area contributed by atoms with Gasteiger partial charge in [0.05, 0.1) is 25.8 Å². The van der Waals surface area contributed by atoms with E-state index >= 15 is 0 Å². The van der Waals surface area contributed by atoms with Crippen LogP contribution < -0.4 is 4.74 Å². The number of carbonyl (C=O) groups is 2. The number of nitrogens with zero attached hydrogens (tertiary/aromatic N) is 1. The molecule has 1 amide bonds. The van der Waals surface area contributed by atoms with Gasteiger partial charge in [-0.1, -0.05) is 54.6 Å². The molecule has 0 aromatic heterocycles. The first-order valence-corrected chi connectivity index (χ1v) is 10.6. The molecule has 0 radical (unpaired) electrons. The third kappa shape index (κ3) is 4.46. The van der Waals surface area contributed by atoms with Crippen LogP contribution in [0.2, 0.25) is 0 Å². The number of ether oxygens (including phenoxy) is 2. The van der Waals surface area contributed by atoms with Crippen LogP contribution in [0.5, 0.6) is 5.75 Å². The van der Waals surface area contributed by atoms with Crippen LogP contribution in [-0.4, -0.2) is 42.6 Å². The fourth-order valence-corrected chi connectivity index (χ4v) is 4.11. The number of carbonyl (C=O) groups excluding carboxylic acids is 2. The van der Waals surface area contributed by atoms with Gasteiger partial charge in [0.1, 0.15) is 5.75 Å². The zero-order valence-electron chi connectivity index (χ0n) is 18.5. The number of amides is 1. The van der Waals surface area contributed by atoms with Gasteiger partial charge >= 0.3 is 5.97 Å². The third-order valence-corrected chi connectivity index (χ3v) is 5.84. The summed E-state index contributed by atoms with van der Waals surface area (Å²) in [6.45, 7) is 0.427. The Hall–Kier alpha value is -4.06. The number of aliphatic hydroxyl groups excluding tert-OH is 1. The quantitative estimate of drug-likeness (QED) is 0.541. The average molecular weight is 443 g/mol. The van der Waals surface area contributed by atoms with Crippen molar-refractivity contribution in [3.8, 4) is 5.75 Å². The molecule has 0 fully saturated rings. The van der Waals surface area contributed by atoms with Gasteiger partial charge in [-0.05, 0) is 47.4 Å². The number of hydrogen-bond acceptors (Lipinski definition) is 5. The molecular weight excluding hydrogens is 418 g/mol. The van der Waals surface area contributed by atoms with Crippen molar-refractivity contribution < 1.29 is 24.2 Å². The van der Waals surface area contributed by atoms with E-state index in [0.29, 0.717) is 29.9 Å². The average Bonchev–Trinajstić information content (AvgIpc) is 3.12. The number of hydrogen-bond donors (Lipinski definition) is 1. The van der Waals surface area contributed by atoms with Gasteiger partial charge in [-0.15, -0.1) is 0 Å². The SMILES string of the molecule is COC(=O)c1ccc([C@H]2C(c3ccc(OC)cc3)=C(O)C(=O)N2CCc2ccccc2)cc1. The Morgan fingerprint density at radius 2 is 1.61 bits per heavy atom. The van der Waals surface area contributed by atoms with E-state index in [4.69, 9.17) is 9.47 Å². The largest absolute Gasteiger partial charge is 0.503 e. The molecule has 3 aromatic rings. The van der Waals surface area contributed by atoms with Gasteiger partial charge in [0.25, 0.3) is 5.91 Å². The Balaban J connectivity index is 1.73. The summed E-state index contributed by atoms with van der Waals surface area (Å²) in [6, 6.07) is 23.6. The molecule has 0 bridgehead atoms. The lowest BCUT2D eigenvalue weighted by atomic mass is 9.92. The first-order chi connectivity index (χ1) is 16.0. The minimum absolute atomic E-state index is 0.268. The molecule has 1 aliphatic heterocycles. The van der Waals surface area contributed by atoms with Gasteiger partial charge in [0.2, 0.25) is 0 Å². The van der Waals surface area contributed by atoms with E-state index in [0.717, 1.165) is 16.7 Å². The molecule has 0 aliphatic carbocycles. The van der Waals surface area contributed by atoms with Crippen molar-refractivity contribution in [3.05, 3.63) is 107 Å². The minimum atomic E-state index is -0.499. The standard InChI is InChI=1S/C27H25NO5/c1-32-22-14-12-19(13-15-22)23-24(20-8-10-21(11-9-20)27(31)33-2)28(26(30)25(23)29)17-16-18-6-4-3-5-7-18/h3-15,24,29H,16-17H2,1-2H3/t24-/m0/s1. The fraction of sp³-hybridized carbons (Fsp3) is 0.185. The molecule has 4 rings (SSSR count). The maximum absolute atomic E-state index is 13.2. The molecule has 0 spiro atoms. The fourth-order valence-electron chi connectivity index (χ4n) is 4.11. The van der Waals surface area contributed by atoms with E-state index in [-0.39, 0.29) is 5.76 Å². The van der Waals surface area contributed by atoms with Crippen LogP contribution in [0.4, 0.5) is 0 Å². The molecule has 0 saturated heterocycles. The van der Waals surface area contributed by atoms with Gasteiger partial charge in [0.15, 0.2) is 5.76 Å². The molecule has 6 heteroatoms. The molecule has 0 unspecified atom stereocenters. The van der Waals surface area contributed by atoms with Crippen LogP contribution in [0, 0.1) is 0 Å². The van der Waals surface area contributed by atoms with E-state index in [2.05, 4.69) is 0 Å². The maximum atomic E-state index is 13.2. The second kappa shape index (κ2) is 9.61. The summed E-state index contributed by atoms with van der Waals surface area (Å²) in [6.07, 6.45) is 0.645. The zero-order chi connectivity index (χ0) is 23.4. The summed E-state index contributed by atoms with van der Waals surface area (Å²) in [5, 5.41) is 10.9. The maximum Gasteiger partial charge on any atom is 0.337 e. The van der Waals surface area contributed by atoms with Crippen molar-refractivity contribution in [2.75, 3.05) is 20.8 Å². The highest BCUT2D eigenvalue weighted by Gasteiger charge is 2.40. The van der Waals surface area contributed by atoms with E-state index in [1.807, 2.05) is 42.5 Å². The van der Waals surface area contributed by atoms with E-state index in [9.17, 15) is 14.7 Å². The predicted octanol–water partition coefficient (Wildman–Crippen LogP) is 4.58. The normalized spacial score (nSPS) is 15.6. The molecule has 6 nitrogen and oxygen atoms in total. The highest BCUT2D eigenvalue weighted by molar-refractivity contribution is 6.05. The number of rotatable bonds is 7. The molecule has 1 aliphatic rings. The van der Waals surface area contributed by atoms with Crippen molar-refractivity contribution in [2.24, 2.45) is 0 Å². The minimum Gasteiger partial charge on any atom is -0.503 e. The van der Waals surface area contributed by atoms with Crippen LogP contribution in [0.15, 0.2) is 84.6 Å². The molecule has 3 aromatic carbocycles. The molecule has 0 saturated carbocycles. The first kappa shape index (κ1) is 22.1. The third-order valence-electron chi connectivity index (χ3n) is 5.84. The first-order valence-electron chi connectivity index (χ1n) is 10.6. The second-order valence-corrected chi connectivity index (χ2v) is 7.74. The van der Waals surface area contributed by atoms with Crippen molar-refractivity contribution in [3.63, 3.8) is 0 Å². The monoisotopic (exact) mass is 443 g/mol. The Morgan fingerprint density at radius 1 is 0.939 bits per heavy atom. The van der Waals surface area contributed by atoms with Gasteiger partial charge in [-0.3, -0.25) is 4.79 Å². The molecule has 1 atom stereocenters. The van der Waals surface area contributed by atoms with Crippen molar-refractivity contribution in [1.82, 2.24) is 4.90 Å². The van der Waals surface area contributed by atoms with Gasteiger partial charge in [0, 0.05) is 12.1 Å². The molecular formula is C27H25NO5. The van der Waals surface area contributed by atoms with Crippen LogP contribution in [-0.2, 0) is 16.0 Å². The second-order valence-electron chi connectivity index (χ2n) is 7.74. The number of benzene rings is 3. The lowest BCUT2D eigenvalue weighted by molar-refractivity contribution is -0.129. The zero-order valence-corrected chi connectivity index (χ0v) is 18.5.